The summed E-state index contributed by atoms with van der Waals surface area (Å²) >= 11 is 0. The molecule has 0 fully saturated rings. The topological polar surface area (TPSA) is 73.7 Å². The fourth-order valence-electron chi connectivity index (χ4n) is 2.80. The van der Waals surface area contributed by atoms with E-state index in [2.05, 4.69) is 4.98 Å². The molecule has 26 heavy (non-hydrogen) atoms. The third-order valence-electron chi connectivity index (χ3n) is 4.13. The van der Waals surface area contributed by atoms with Crippen molar-refractivity contribution in [3.8, 4) is 5.75 Å². The van der Waals surface area contributed by atoms with Gasteiger partial charge in [0.05, 0.1) is 24.4 Å². The summed E-state index contributed by atoms with van der Waals surface area (Å²) in [5, 5.41) is 19.4. The summed E-state index contributed by atoms with van der Waals surface area (Å²) in [4.78, 5) is 18.9. The largest absolute Gasteiger partial charge is 0.508 e. The minimum atomic E-state index is -0.591. The average molecular weight is 348 g/mol. The highest BCUT2D eigenvalue weighted by molar-refractivity contribution is 6.01. The molecule has 3 aromatic rings. The number of aromatic nitrogens is 1. The number of aromatic hydroxyl groups is 1. The van der Waals surface area contributed by atoms with Crippen LogP contribution in [0.3, 0.4) is 0 Å². The Morgan fingerprint density at radius 3 is 2.31 bits per heavy atom. The van der Waals surface area contributed by atoms with E-state index in [-0.39, 0.29) is 18.3 Å². The van der Waals surface area contributed by atoms with Gasteiger partial charge in [-0.3, -0.25) is 14.7 Å². The van der Waals surface area contributed by atoms with E-state index >= 15 is 0 Å². The van der Waals surface area contributed by atoms with Crippen LogP contribution >= 0.6 is 0 Å². The Bertz CT molecular complexity index is 836. The molecule has 2 aromatic carbocycles. The number of anilines is 2. The smallest absolute Gasteiger partial charge is 0.237 e. The minimum absolute atomic E-state index is 0.121. The zero-order valence-electron chi connectivity index (χ0n) is 14.2. The van der Waals surface area contributed by atoms with Crippen LogP contribution in [0, 0.1) is 5.92 Å². The number of phenolic OH excluding ortho intramolecular Hbond substituents is 1. The molecule has 5 nitrogen and oxygen atoms in total. The average Bonchev–Trinajstić information content (AvgIpc) is 2.69. The second kappa shape index (κ2) is 8.27. The third kappa shape index (κ3) is 4.07. The predicted molar refractivity (Wildman–Crippen MR) is 100 cm³/mol. The van der Waals surface area contributed by atoms with Crippen molar-refractivity contribution in [1.82, 2.24) is 4.98 Å². The summed E-state index contributed by atoms with van der Waals surface area (Å²) in [6, 6.07) is 19.5. The van der Waals surface area contributed by atoms with Gasteiger partial charge in [-0.2, -0.15) is 0 Å². The molecular formula is C21H20N2O3. The lowest BCUT2D eigenvalue weighted by Crippen LogP contribution is -2.35. The van der Waals surface area contributed by atoms with E-state index in [1.165, 1.54) is 17.0 Å². The first kappa shape index (κ1) is 17.6. The van der Waals surface area contributed by atoms with Crippen molar-refractivity contribution in [2.24, 2.45) is 5.92 Å². The number of amides is 1. The lowest BCUT2D eigenvalue weighted by molar-refractivity contribution is -0.122. The van der Waals surface area contributed by atoms with Crippen molar-refractivity contribution >= 4 is 17.3 Å². The van der Waals surface area contributed by atoms with Gasteiger partial charge >= 0.3 is 0 Å². The number of hydrogen-bond donors (Lipinski definition) is 2. The van der Waals surface area contributed by atoms with Crippen LogP contribution in [0.15, 0.2) is 79.1 Å². The molecule has 0 aliphatic rings. The molecule has 5 heteroatoms. The molecule has 1 amide bonds. The normalized spacial score (nSPS) is 11.7. The molecule has 3 rings (SSSR count). The Balaban J connectivity index is 1.94. The van der Waals surface area contributed by atoms with Gasteiger partial charge in [0, 0.05) is 11.9 Å². The van der Waals surface area contributed by atoms with Gasteiger partial charge in [-0.15, -0.1) is 0 Å². The zero-order chi connectivity index (χ0) is 18.4. The number of nitrogens with zero attached hydrogens (tertiary/aromatic N) is 2. The Morgan fingerprint density at radius 1 is 0.962 bits per heavy atom. The SMILES string of the molecule is O=C(C(CO)Cc1ccccc1)N(c1ccc(O)cc1)c1cccnc1. The number of aliphatic hydroxyl groups excluding tert-OH is 1. The molecule has 2 N–H and O–H groups in total. The Morgan fingerprint density at radius 2 is 1.69 bits per heavy atom. The molecule has 132 valence electrons. The summed E-state index contributed by atoms with van der Waals surface area (Å²) in [7, 11) is 0. The molecule has 0 saturated heterocycles. The van der Waals surface area contributed by atoms with E-state index in [1.807, 2.05) is 30.3 Å². The fourth-order valence-corrected chi connectivity index (χ4v) is 2.80. The highest BCUT2D eigenvalue weighted by atomic mass is 16.3. The van der Waals surface area contributed by atoms with Gasteiger partial charge in [-0.05, 0) is 48.4 Å². The maximum atomic E-state index is 13.2. The van der Waals surface area contributed by atoms with Gasteiger partial charge in [0.15, 0.2) is 0 Å². The molecule has 0 spiro atoms. The highest BCUT2D eigenvalue weighted by Crippen LogP contribution is 2.29. The van der Waals surface area contributed by atoms with Crippen molar-refractivity contribution in [2.45, 2.75) is 6.42 Å². The van der Waals surface area contributed by atoms with E-state index in [0.717, 1.165) is 5.56 Å². The first-order chi connectivity index (χ1) is 12.7. The van der Waals surface area contributed by atoms with Crippen LogP contribution in [-0.4, -0.2) is 27.7 Å². The Kier molecular flexibility index (Phi) is 5.61. The van der Waals surface area contributed by atoms with Crippen LogP contribution in [-0.2, 0) is 11.2 Å². The second-order valence-electron chi connectivity index (χ2n) is 5.97. The summed E-state index contributed by atoms with van der Waals surface area (Å²) in [5.74, 6) is -0.697. The first-order valence-electron chi connectivity index (χ1n) is 8.37. The van der Waals surface area contributed by atoms with Gasteiger partial charge in [0.2, 0.25) is 5.91 Å². The molecule has 1 atom stereocenters. The highest BCUT2D eigenvalue weighted by Gasteiger charge is 2.26. The predicted octanol–water partition coefficient (Wildman–Crippen LogP) is 3.30. The summed E-state index contributed by atoms with van der Waals surface area (Å²) in [6.07, 6.45) is 3.67. The summed E-state index contributed by atoms with van der Waals surface area (Å²) in [6.45, 7) is -0.261. The zero-order valence-corrected chi connectivity index (χ0v) is 14.2. The van der Waals surface area contributed by atoms with Crippen molar-refractivity contribution in [1.29, 1.82) is 0 Å². The number of rotatable bonds is 6. The number of benzene rings is 2. The molecule has 1 aromatic heterocycles. The van der Waals surface area contributed by atoms with Gasteiger partial charge in [0.25, 0.3) is 0 Å². The molecule has 1 heterocycles. The maximum Gasteiger partial charge on any atom is 0.237 e. The van der Waals surface area contributed by atoms with Gasteiger partial charge in [0.1, 0.15) is 5.75 Å². The number of carbonyl (C=O) groups is 1. The van der Waals surface area contributed by atoms with Gasteiger partial charge in [-0.25, -0.2) is 0 Å². The quantitative estimate of drug-likeness (QED) is 0.717. The lowest BCUT2D eigenvalue weighted by Gasteiger charge is -2.26. The van der Waals surface area contributed by atoms with Crippen LogP contribution in [0.5, 0.6) is 5.75 Å². The first-order valence-corrected chi connectivity index (χ1v) is 8.37. The molecule has 0 radical (unpaired) electrons. The van der Waals surface area contributed by atoms with E-state index in [1.54, 1.807) is 36.7 Å². The number of hydrogen-bond acceptors (Lipinski definition) is 4. The molecule has 0 saturated carbocycles. The van der Waals surface area contributed by atoms with Crippen molar-refractivity contribution in [2.75, 3.05) is 11.5 Å². The summed E-state index contributed by atoms with van der Waals surface area (Å²) < 4.78 is 0. The Hall–Kier alpha value is -3.18. The van der Waals surface area contributed by atoms with Crippen molar-refractivity contribution < 1.29 is 15.0 Å². The number of carbonyl (C=O) groups excluding carboxylic acids is 1. The van der Waals surface area contributed by atoms with Crippen LogP contribution in [0.1, 0.15) is 5.56 Å². The number of phenols is 1. The van der Waals surface area contributed by atoms with Gasteiger partial charge in [-0.1, -0.05) is 30.3 Å². The molecule has 0 bridgehead atoms. The molecular weight excluding hydrogens is 328 g/mol. The van der Waals surface area contributed by atoms with Gasteiger partial charge < -0.3 is 10.2 Å². The van der Waals surface area contributed by atoms with Crippen molar-refractivity contribution in [3.05, 3.63) is 84.7 Å². The number of aliphatic hydroxyl groups is 1. The van der Waals surface area contributed by atoms with Crippen LogP contribution in [0.2, 0.25) is 0 Å². The van der Waals surface area contributed by atoms with Crippen molar-refractivity contribution in [3.63, 3.8) is 0 Å². The van der Waals surface area contributed by atoms with Crippen LogP contribution < -0.4 is 4.90 Å². The van der Waals surface area contributed by atoms with E-state index in [4.69, 9.17) is 0 Å². The van der Waals surface area contributed by atoms with E-state index in [9.17, 15) is 15.0 Å². The van der Waals surface area contributed by atoms with Crippen LogP contribution in [0.25, 0.3) is 0 Å². The van der Waals surface area contributed by atoms with E-state index < -0.39 is 5.92 Å². The van der Waals surface area contributed by atoms with Crippen LogP contribution in [0.4, 0.5) is 11.4 Å². The lowest BCUT2D eigenvalue weighted by atomic mass is 9.98. The number of pyridine rings is 1. The minimum Gasteiger partial charge on any atom is -0.508 e. The standard InChI is InChI=1S/C21H20N2O3/c24-15-17(13-16-5-2-1-3-6-16)21(26)23(19-7-4-12-22-14-19)18-8-10-20(25)11-9-18/h1-12,14,17,24-25H,13,15H2. The molecule has 1 unspecified atom stereocenters. The molecule has 0 aliphatic heterocycles. The fraction of sp³-hybridized carbons (Fsp3) is 0.143. The maximum absolute atomic E-state index is 13.2. The Labute approximate surface area is 152 Å². The van der Waals surface area contributed by atoms with E-state index in [0.29, 0.717) is 17.8 Å². The second-order valence-corrected chi connectivity index (χ2v) is 5.97. The third-order valence-corrected chi connectivity index (χ3v) is 4.13. The monoisotopic (exact) mass is 348 g/mol. The molecule has 0 aliphatic carbocycles. The summed E-state index contributed by atoms with van der Waals surface area (Å²) in [5.41, 5.74) is 2.19.